The maximum absolute atomic E-state index is 6.64. The van der Waals surface area contributed by atoms with E-state index >= 15 is 0 Å². The average Bonchev–Trinajstić information content (AvgIpc) is 2.89. The summed E-state index contributed by atoms with van der Waals surface area (Å²) in [5, 5.41) is 1.80. The number of nitrogens with zero attached hydrogens (tertiary/aromatic N) is 2. The number of benzene rings is 2. The monoisotopic (exact) mass is 522 g/mol. The van der Waals surface area contributed by atoms with Crippen molar-refractivity contribution in [1.82, 2.24) is 9.97 Å². The third-order valence-electron chi connectivity index (χ3n) is 6.84. The Balaban J connectivity index is 1.07. The van der Waals surface area contributed by atoms with E-state index in [0.717, 1.165) is 70.3 Å². The summed E-state index contributed by atoms with van der Waals surface area (Å²) in [5.41, 5.74) is 17.5. The third kappa shape index (κ3) is 7.02. The zero-order valence-electron chi connectivity index (χ0n) is 20.8. The number of fused-ring (bicyclic) bond motifs is 2. The first kappa shape index (κ1) is 26.5. The van der Waals surface area contributed by atoms with E-state index in [4.69, 9.17) is 44.6 Å². The number of anilines is 2. The Bertz CT molecular complexity index is 1180. The summed E-state index contributed by atoms with van der Waals surface area (Å²) in [5.74, 6) is 0. The molecular formula is C30H36Cl2N4. The number of aromatic nitrogens is 2. The van der Waals surface area contributed by atoms with E-state index in [9.17, 15) is 0 Å². The van der Waals surface area contributed by atoms with Crippen LogP contribution < -0.4 is 11.5 Å². The highest BCUT2D eigenvalue weighted by molar-refractivity contribution is 6.21. The van der Waals surface area contributed by atoms with E-state index in [-0.39, 0.29) is 10.8 Å². The van der Waals surface area contributed by atoms with Crippen LogP contribution in [0.3, 0.4) is 0 Å². The van der Waals surface area contributed by atoms with Crippen LogP contribution >= 0.6 is 23.2 Å². The van der Waals surface area contributed by atoms with Crippen LogP contribution in [-0.4, -0.2) is 9.97 Å². The standard InChI is InChI=1S/C30H36Cl2N4/c31-23(29-19-25(33)21-13-9-11-17-27(21)35-29)15-7-5-3-1-2-4-6-8-16-24(32)30-20-26(34)22-14-10-12-18-28(22)36-30/h9-14,17-20,23-24H,1-8,15-16H2,(H2,33,35)(H2,34,36). The predicted molar refractivity (Wildman–Crippen MR) is 156 cm³/mol. The molecule has 0 spiro atoms. The summed E-state index contributed by atoms with van der Waals surface area (Å²) in [4.78, 5) is 9.42. The van der Waals surface area contributed by atoms with E-state index in [0.29, 0.717) is 0 Å². The lowest BCUT2D eigenvalue weighted by Crippen LogP contribution is -1.99. The number of unbranched alkanes of at least 4 members (excludes halogenated alkanes) is 7. The van der Waals surface area contributed by atoms with Crippen molar-refractivity contribution >= 4 is 56.4 Å². The molecule has 4 aromatic rings. The molecule has 4 rings (SSSR count). The molecule has 2 aromatic carbocycles. The normalized spacial score (nSPS) is 13.3. The number of hydrogen-bond donors (Lipinski definition) is 2. The molecule has 2 unspecified atom stereocenters. The molecule has 0 aliphatic heterocycles. The van der Waals surface area contributed by atoms with Crippen LogP contribution in [0.4, 0.5) is 11.4 Å². The van der Waals surface area contributed by atoms with Gasteiger partial charge in [-0.15, -0.1) is 23.2 Å². The first-order valence-corrected chi connectivity index (χ1v) is 14.0. The summed E-state index contributed by atoms with van der Waals surface area (Å²) in [7, 11) is 0. The molecule has 6 heteroatoms. The number of halogens is 2. The molecule has 190 valence electrons. The summed E-state index contributed by atoms with van der Waals surface area (Å²) < 4.78 is 0. The molecule has 2 aromatic heterocycles. The van der Waals surface area contributed by atoms with E-state index in [1.54, 1.807) is 0 Å². The molecule has 0 fully saturated rings. The second-order valence-electron chi connectivity index (χ2n) is 9.65. The van der Waals surface area contributed by atoms with Gasteiger partial charge in [0.25, 0.3) is 0 Å². The highest BCUT2D eigenvalue weighted by Gasteiger charge is 2.13. The van der Waals surface area contributed by atoms with Gasteiger partial charge >= 0.3 is 0 Å². The molecule has 0 aliphatic carbocycles. The van der Waals surface area contributed by atoms with Crippen molar-refractivity contribution in [1.29, 1.82) is 0 Å². The van der Waals surface area contributed by atoms with E-state index in [2.05, 4.69) is 0 Å². The molecule has 2 heterocycles. The van der Waals surface area contributed by atoms with Crippen molar-refractivity contribution in [3.63, 3.8) is 0 Å². The molecule has 0 saturated carbocycles. The van der Waals surface area contributed by atoms with Crippen molar-refractivity contribution < 1.29 is 0 Å². The number of rotatable bonds is 13. The van der Waals surface area contributed by atoms with Crippen molar-refractivity contribution in [3.8, 4) is 0 Å². The predicted octanol–water partition coefficient (Wildman–Crippen LogP) is 9.11. The summed E-state index contributed by atoms with van der Waals surface area (Å²) in [6, 6.07) is 19.7. The quantitative estimate of drug-likeness (QED) is 0.135. The molecule has 0 radical (unpaired) electrons. The Morgan fingerprint density at radius 1 is 0.556 bits per heavy atom. The first-order valence-electron chi connectivity index (χ1n) is 13.1. The SMILES string of the molecule is Nc1cc(C(Cl)CCCCCCCCCCC(Cl)c2cc(N)c3ccccc3n2)nc2ccccc12. The fourth-order valence-corrected chi connectivity index (χ4v) is 5.30. The topological polar surface area (TPSA) is 77.8 Å². The highest BCUT2D eigenvalue weighted by Crippen LogP contribution is 2.31. The number of alkyl halides is 2. The van der Waals surface area contributed by atoms with Gasteiger partial charge in [0, 0.05) is 22.1 Å². The summed E-state index contributed by atoms with van der Waals surface area (Å²) in [6.07, 6.45) is 11.5. The number of nitrogen functional groups attached to an aromatic ring is 2. The molecule has 4 N–H and O–H groups in total. The lowest BCUT2D eigenvalue weighted by Gasteiger charge is -2.12. The molecular weight excluding hydrogens is 487 g/mol. The van der Waals surface area contributed by atoms with Crippen LogP contribution in [0.25, 0.3) is 21.8 Å². The van der Waals surface area contributed by atoms with Gasteiger partial charge in [0.05, 0.1) is 33.2 Å². The van der Waals surface area contributed by atoms with Crippen LogP contribution in [0.5, 0.6) is 0 Å². The minimum Gasteiger partial charge on any atom is -0.398 e. The second-order valence-corrected chi connectivity index (χ2v) is 10.7. The summed E-state index contributed by atoms with van der Waals surface area (Å²) in [6.45, 7) is 0. The highest BCUT2D eigenvalue weighted by atomic mass is 35.5. The van der Waals surface area contributed by atoms with Crippen molar-refractivity contribution in [2.24, 2.45) is 0 Å². The van der Waals surface area contributed by atoms with Crippen LogP contribution in [0.2, 0.25) is 0 Å². The van der Waals surface area contributed by atoms with E-state index in [1.165, 1.54) is 38.5 Å². The van der Waals surface area contributed by atoms with E-state index in [1.807, 2.05) is 60.7 Å². The Morgan fingerprint density at radius 2 is 0.917 bits per heavy atom. The van der Waals surface area contributed by atoms with Crippen LogP contribution in [0, 0.1) is 0 Å². The Morgan fingerprint density at radius 3 is 1.33 bits per heavy atom. The molecule has 2 atom stereocenters. The van der Waals surface area contributed by atoms with Gasteiger partial charge in [-0.2, -0.15) is 0 Å². The maximum Gasteiger partial charge on any atom is 0.0758 e. The Hall–Kier alpha value is -2.56. The fraction of sp³-hybridized carbons (Fsp3) is 0.400. The lowest BCUT2D eigenvalue weighted by atomic mass is 10.0. The Kier molecular flexibility index (Phi) is 9.66. The number of hydrogen-bond acceptors (Lipinski definition) is 4. The van der Waals surface area contributed by atoms with Gasteiger partial charge in [0.15, 0.2) is 0 Å². The molecule has 0 saturated heterocycles. The van der Waals surface area contributed by atoms with Gasteiger partial charge in [0.1, 0.15) is 0 Å². The van der Waals surface area contributed by atoms with Gasteiger partial charge in [-0.1, -0.05) is 87.8 Å². The van der Waals surface area contributed by atoms with Gasteiger partial charge in [-0.05, 0) is 37.1 Å². The van der Waals surface area contributed by atoms with Crippen LogP contribution in [0.15, 0.2) is 60.7 Å². The fourth-order valence-electron chi connectivity index (χ4n) is 4.77. The minimum atomic E-state index is -0.0900. The molecule has 0 amide bonds. The Labute approximate surface area is 224 Å². The smallest absolute Gasteiger partial charge is 0.0758 e. The van der Waals surface area contributed by atoms with E-state index < -0.39 is 0 Å². The number of nitrogens with two attached hydrogens (primary N) is 2. The average molecular weight is 524 g/mol. The van der Waals surface area contributed by atoms with Gasteiger partial charge in [-0.25, -0.2) is 0 Å². The van der Waals surface area contributed by atoms with Gasteiger partial charge in [0.2, 0.25) is 0 Å². The second kappa shape index (κ2) is 13.1. The number of para-hydroxylation sites is 2. The molecule has 0 aliphatic rings. The van der Waals surface area contributed by atoms with Crippen molar-refractivity contribution in [3.05, 3.63) is 72.1 Å². The third-order valence-corrected chi connectivity index (χ3v) is 7.73. The minimum absolute atomic E-state index is 0.0900. The lowest BCUT2D eigenvalue weighted by molar-refractivity contribution is 0.546. The first-order chi connectivity index (χ1) is 17.5. The van der Waals surface area contributed by atoms with Crippen LogP contribution in [0.1, 0.15) is 86.4 Å². The largest absolute Gasteiger partial charge is 0.398 e. The maximum atomic E-state index is 6.64. The van der Waals surface area contributed by atoms with Crippen molar-refractivity contribution in [2.75, 3.05) is 11.5 Å². The van der Waals surface area contributed by atoms with Crippen LogP contribution in [-0.2, 0) is 0 Å². The van der Waals surface area contributed by atoms with Gasteiger partial charge in [-0.3, -0.25) is 9.97 Å². The number of pyridine rings is 2. The zero-order valence-corrected chi connectivity index (χ0v) is 22.3. The summed E-state index contributed by atoms with van der Waals surface area (Å²) >= 11 is 13.3. The van der Waals surface area contributed by atoms with Crippen molar-refractivity contribution in [2.45, 2.75) is 75.0 Å². The molecule has 0 bridgehead atoms. The zero-order chi connectivity index (χ0) is 25.3. The van der Waals surface area contributed by atoms with Gasteiger partial charge < -0.3 is 11.5 Å². The molecule has 36 heavy (non-hydrogen) atoms. The molecule has 4 nitrogen and oxygen atoms in total.